The molecule has 10 nitrogen and oxygen atoms in total. The first-order valence-corrected chi connectivity index (χ1v) is 12.6. The fourth-order valence-electron chi connectivity index (χ4n) is 4.05. The minimum Gasteiger partial charge on any atom is -0.395 e. The molecule has 0 spiro atoms. The first-order chi connectivity index (χ1) is 16.3. The molecule has 1 saturated heterocycles. The van der Waals surface area contributed by atoms with Crippen LogP contribution in [-0.4, -0.2) is 83.6 Å². The molecule has 0 saturated carbocycles. The van der Waals surface area contributed by atoms with Gasteiger partial charge in [0, 0.05) is 44.7 Å². The van der Waals surface area contributed by atoms with Gasteiger partial charge in [0.2, 0.25) is 15.9 Å². The average Bonchev–Trinajstić information content (AvgIpc) is 3.33. The zero-order chi connectivity index (χ0) is 24.1. The van der Waals surface area contributed by atoms with Crippen molar-refractivity contribution in [3.63, 3.8) is 0 Å². The summed E-state index contributed by atoms with van der Waals surface area (Å²) in [5.41, 5.74) is 2.20. The van der Waals surface area contributed by atoms with E-state index in [1.807, 2.05) is 35.2 Å². The van der Waals surface area contributed by atoms with Crippen LogP contribution in [0.15, 0.2) is 65.7 Å². The van der Waals surface area contributed by atoms with Crippen molar-refractivity contribution in [3.05, 3.63) is 66.4 Å². The third kappa shape index (κ3) is 5.68. The third-order valence-corrected chi connectivity index (χ3v) is 6.89. The molecule has 4 rings (SSSR count). The highest BCUT2D eigenvalue weighted by Gasteiger charge is 2.30. The number of nitrogens with two attached hydrogens (primary N) is 1. The number of sulfonamides is 1. The summed E-state index contributed by atoms with van der Waals surface area (Å²) in [5, 5.41) is 22.8. The normalized spacial score (nSPS) is 15.9. The van der Waals surface area contributed by atoms with Crippen LogP contribution in [0.25, 0.3) is 11.3 Å². The van der Waals surface area contributed by atoms with Crippen molar-refractivity contribution in [2.75, 3.05) is 39.3 Å². The van der Waals surface area contributed by atoms with E-state index in [1.165, 1.54) is 12.1 Å². The zero-order valence-electron chi connectivity index (χ0n) is 18.7. The number of aliphatic hydroxyl groups excluding tert-OH is 1. The molecule has 1 fully saturated rings. The Labute approximate surface area is 198 Å². The first-order valence-electron chi connectivity index (χ1n) is 11.1. The molecular formula is C23H28N6O4S. The lowest BCUT2D eigenvalue weighted by Gasteiger charge is -2.36. The van der Waals surface area contributed by atoms with Crippen LogP contribution in [-0.2, 0) is 21.2 Å². The van der Waals surface area contributed by atoms with Gasteiger partial charge in [0.1, 0.15) is 11.7 Å². The lowest BCUT2D eigenvalue weighted by atomic mass is 10.0. The molecule has 0 radical (unpaired) electrons. The van der Waals surface area contributed by atoms with Crippen molar-refractivity contribution in [3.8, 4) is 11.3 Å². The molecule has 3 N–H and O–H groups in total. The number of rotatable bonds is 8. The van der Waals surface area contributed by atoms with Gasteiger partial charge in [0.05, 0.1) is 17.7 Å². The largest absolute Gasteiger partial charge is 0.395 e. The van der Waals surface area contributed by atoms with Gasteiger partial charge in [-0.05, 0) is 17.7 Å². The SMILES string of the molecule is NS(=O)(=O)c1ccc(-c2cn(C(Cc3ccccc3)C(=O)N3CCN(CCO)CC3)nn2)cc1. The maximum absolute atomic E-state index is 13.6. The highest BCUT2D eigenvalue weighted by molar-refractivity contribution is 7.89. The van der Waals surface area contributed by atoms with Gasteiger partial charge in [-0.1, -0.05) is 47.7 Å². The monoisotopic (exact) mass is 484 g/mol. The minimum absolute atomic E-state index is 0.0149. The summed E-state index contributed by atoms with van der Waals surface area (Å²) in [4.78, 5) is 17.5. The minimum atomic E-state index is -3.78. The van der Waals surface area contributed by atoms with E-state index in [2.05, 4.69) is 15.2 Å². The second-order valence-electron chi connectivity index (χ2n) is 8.25. The maximum atomic E-state index is 13.6. The predicted octanol–water partition coefficient (Wildman–Crippen LogP) is 0.513. The Kier molecular flexibility index (Phi) is 7.37. The van der Waals surface area contributed by atoms with E-state index in [4.69, 9.17) is 10.2 Å². The fourth-order valence-corrected chi connectivity index (χ4v) is 4.57. The molecule has 0 aliphatic carbocycles. The van der Waals surface area contributed by atoms with E-state index in [1.54, 1.807) is 23.0 Å². The molecule has 1 unspecified atom stereocenters. The molecule has 2 heterocycles. The lowest BCUT2D eigenvalue weighted by Crippen LogP contribution is -2.51. The quantitative estimate of drug-likeness (QED) is 0.476. The van der Waals surface area contributed by atoms with E-state index >= 15 is 0 Å². The maximum Gasteiger partial charge on any atom is 0.247 e. The standard InChI is InChI=1S/C23H28N6O4S/c24-34(32,33)20-8-6-19(7-9-20)21-17-29(26-25-21)22(16-18-4-2-1-3-5-18)23(31)28-12-10-27(11-13-28)14-15-30/h1-9,17,22,30H,10-16H2,(H2,24,32,33). The molecule has 3 aromatic rings. The molecule has 34 heavy (non-hydrogen) atoms. The summed E-state index contributed by atoms with van der Waals surface area (Å²) in [6.07, 6.45) is 2.17. The molecule has 1 aromatic heterocycles. The van der Waals surface area contributed by atoms with Gasteiger partial charge in [-0.2, -0.15) is 0 Å². The van der Waals surface area contributed by atoms with Crippen molar-refractivity contribution < 1.29 is 18.3 Å². The van der Waals surface area contributed by atoms with Gasteiger partial charge in [-0.3, -0.25) is 9.69 Å². The molecule has 0 bridgehead atoms. The number of hydrogen-bond donors (Lipinski definition) is 2. The van der Waals surface area contributed by atoms with Crippen LogP contribution in [0.4, 0.5) is 0 Å². The lowest BCUT2D eigenvalue weighted by molar-refractivity contribution is -0.137. The van der Waals surface area contributed by atoms with Gasteiger partial charge in [-0.25, -0.2) is 18.2 Å². The first kappa shape index (κ1) is 24.0. The van der Waals surface area contributed by atoms with E-state index < -0.39 is 16.1 Å². The van der Waals surface area contributed by atoms with Crippen LogP contribution in [0.3, 0.4) is 0 Å². The number of carbonyl (C=O) groups is 1. The van der Waals surface area contributed by atoms with E-state index in [9.17, 15) is 13.2 Å². The second-order valence-corrected chi connectivity index (χ2v) is 9.81. The number of nitrogens with zero attached hydrogens (tertiary/aromatic N) is 5. The molecular weight excluding hydrogens is 456 g/mol. The molecule has 1 aliphatic rings. The van der Waals surface area contributed by atoms with Crippen molar-refractivity contribution in [1.82, 2.24) is 24.8 Å². The van der Waals surface area contributed by atoms with Crippen molar-refractivity contribution in [2.24, 2.45) is 5.14 Å². The van der Waals surface area contributed by atoms with Crippen LogP contribution in [0, 0.1) is 0 Å². The number of benzene rings is 2. The van der Waals surface area contributed by atoms with Crippen LogP contribution < -0.4 is 5.14 Å². The Morgan fingerprint density at radius 2 is 1.71 bits per heavy atom. The summed E-state index contributed by atoms with van der Waals surface area (Å²) in [6, 6.07) is 15.2. The summed E-state index contributed by atoms with van der Waals surface area (Å²) in [7, 11) is -3.78. The van der Waals surface area contributed by atoms with Crippen LogP contribution in [0.2, 0.25) is 0 Å². The van der Waals surface area contributed by atoms with E-state index in [-0.39, 0.29) is 17.4 Å². The zero-order valence-corrected chi connectivity index (χ0v) is 19.5. The van der Waals surface area contributed by atoms with E-state index in [0.29, 0.717) is 50.4 Å². The van der Waals surface area contributed by atoms with Crippen LogP contribution in [0.5, 0.6) is 0 Å². The number of aromatic nitrogens is 3. The highest BCUT2D eigenvalue weighted by atomic mass is 32.2. The molecule has 1 aliphatic heterocycles. The molecule has 11 heteroatoms. The van der Waals surface area contributed by atoms with Gasteiger partial charge in [-0.15, -0.1) is 5.10 Å². The topological polar surface area (TPSA) is 135 Å². The van der Waals surface area contributed by atoms with Crippen LogP contribution >= 0.6 is 0 Å². The smallest absolute Gasteiger partial charge is 0.247 e. The number of amides is 1. The Bertz CT molecular complexity index is 1210. The second kappa shape index (κ2) is 10.4. The molecule has 1 amide bonds. The van der Waals surface area contributed by atoms with Gasteiger partial charge >= 0.3 is 0 Å². The number of primary sulfonamides is 1. The van der Waals surface area contributed by atoms with Crippen molar-refractivity contribution in [2.45, 2.75) is 17.4 Å². The Morgan fingerprint density at radius 1 is 1.03 bits per heavy atom. The third-order valence-electron chi connectivity index (χ3n) is 5.97. The average molecular weight is 485 g/mol. The predicted molar refractivity (Wildman–Crippen MR) is 126 cm³/mol. The number of carbonyl (C=O) groups excluding carboxylic acids is 1. The summed E-state index contributed by atoms with van der Waals surface area (Å²) < 4.78 is 24.6. The Morgan fingerprint density at radius 3 is 2.32 bits per heavy atom. The highest BCUT2D eigenvalue weighted by Crippen LogP contribution is 2.23. The van der Waals surface area contributed by atoms with Gasteiger partial charge in [0.25, 0.3) is 0 Å². The summed E-state index contributed by atoms with van der Waals surface area (Å²) >= 11 is 0. The van der Waals surface area contributed by atoms with Crippen molar-refractivity contribution in [1.29, 1.82) is 0 Å². The fraction of sp³-hybridized carbons (Fsp3) is 0.348. The number of β-amino-alcohol motifs (C(OH)–C–C–N with tert-alkyl or cyclic N) is 1. The number of hydrogen-bond acceptors (Lipinski definition) is 7. The number of piperazine rings is 1. The van der Waals surface area contributed by atoms with E-state index in [0.717, 1.165) is 5.56 Å². The Balaban J connectivity index is 1.57. The Hall–Kier alpha value is -3.12. The molecule has 1 atom stereocenters. The van der Waals surface area contributed by atoms with Gasteiger partial charge in [0.15, 0.2) is 0 Å². The van der Waals surface area contributed by atoms with Gasteiger partial charge < -0.3 is 10.0 Å². The molecule has 180 valence electrons. The molecule has 2 aromatic carbocycles. The summed E-state index contributed by atoms with van der Waals surface area (Å²) in [6.45, 7) is 3.30. The van der Waals surface area contributed by atoms with Crippen LogP contribution in [0.1, 0.15) is 11.6 Å². The summed E-state index contributed by atoms with van der Waals surface area (Å²) in [5.74, 6) is -0.0338. The van der Waals surface area contributed by atoms with Crippen molar-refractivity contribution >= 4 is 15.9 Å². The number of aliphatic hydroxyl groups is 1.